The summed E-state index contributed by atoms with van der Waals surface area (Å²) in [6.45, 7) is 0. The van der Waals surface area contributed by atoms with E-state index in [9.17, 15) is 9.59 Å². The lowest BCUT2D eigenvalue weighted by Crippen LogP contribution is -2.08. The van der Waals surface area contributed by atoms with Gasteiger partial charge in [-0.2, -0.15) is 0 Å². The number of rotatable bonds is 1. The maximum atomic E-state index is 11.0. The summed E-state index contributed by atoms with van der Waals surface area (Å²) in [5.41, 5.74) is 0. The largest absolute Gasteiger partial charge is 0.300 e. The van der Waals surface area contributed by atoms with Gasteiger partial charge in [-0.05, 0) is 24.7 Å². The fourth-order valence-corrected chi connectivity index (χ4v) is 2.49. The van der Waals surface area contributed by atoms with Gasteiger partial charge in [0.25, 0.3) is 0 Å². The lowest BCUT2D eigenvalue weighted by atomic mass is 9.90. The van der Waals surface area contributed by atoms with Gasteiger partial charge in [-0.15, -0.1) is 0 Å². The first-order chi connectivity index (χ1) is 5.75. The van der Waals surface area contributed by atoms with Crippen LogP contribution in [0.5, 0.6) is 0 Å². The highest BCUT2D eigenvalue weighted by Crippen LogP contribution is 2.37. The van der Waals surface area contributed by atoms with Crippen LogP contribution in [0.1, 0.15) is 38.5 Å². The molecule has 12 heavy (non-hydrogen) atoms. The van der Waals surface area contributed by atoms with Gasteiger partial charge in [0.2, 0.25) is 0 Å². The van der Waals surface area contributed by atoms with Gasteiger partial charge >= 0.3 is 0 Å². The standard InChI is InChI=1S/C10H14O2/c11-9-3-1-7(5-9)8-2-4-10(12)6-8/h7-8H,1-6H2. The summed E-state index contributed by atoms with van der Waals surface area (Å²) in [5.74, 6) is 1.89. The summed E-state index contributed by atoms with van der Waals surface area (Å²) in [4.78, 5) is 22.0. The van der Waals surface area contributed by atoms with Crippen LogP contribution in [-0.4, -0.2) is 11.6 Å². The molecule has 0 spiro atoms. The molecule has 0 bridgehead atoms. The number of carbonyl (C=O) groups is 2. The first-order valence-electron chi connectivity index (χ1n) is 4.79. The van der Waals surface area contributed by atoms with Gasteiger partial charge in [0, 0.05) is 25.7 Å². The van der Waals surface area contributed by atoms with E-state index in [1.807, 2.05) is 0 Å². The van der Waals surface area contributed by atoms with E-state index in [0.717, 1.165) is 38.5 Å². The summed E-state index contributed by atoms with van der Waals surface area (Å²) in [6, 6.07) is 0. The zero-order valence-corrected chi connectivity index (χ0v) is 7.21. The minimum absolute atomic E-state index is 0.402. The summed E-state index contributed by atoms with van der Waals surface area (Å²) >= 11 is 0. The average molecular weight is 166 g/mol. The molecule has 0 aromatic rings. The maximum absolute atomic E-state index is 11.0. The average Bonchev–Trinajstić information content (AvgIpc) is 2.58. The molecule has 2 rings (SSSR count). The minimum Gasteiger partial charge on any atom is -0.300 e. The molecular formula is C10H14O2. The van der Waals surface area contributed by atoms with Crippen LogP contribution in [0.25, 0.3) is 0 Å². The monoisotopic (exact) mass is 166 g/mol. The number of ketones is 2. The smallest absolute Gasteiger partial charge is 0.133 e. The highest BCUT2D eigenvalue weighted by molar-refractivity contribution is 5.82. The van der Waals surface area contributed by atoms with Gasteiger partial charge in [0.1, 0.15) is 11.6 Å². The normalized spacial score (nSPS) is 36.3. The van der Waals surface area contributed by atoms with E-state index in [4.69, 9.17) is 0 Å². The Morgan fingerprint density at radius 1 is 0.833 bits per heavy atom. The Morgan fingerprint density at radius 2 is 1.25 bits per heavy atom. The molecule has 0 radical (unpaired) electrons. The predicted molar refractivity (Wildman–Crippen MR) is 44.7 cm³/mol. The lowest BCUT2D eigenvalue weighted by Gasteiger charge is -2.14. The minimum atomic E-state index is 0.402. The molecule has 2 heteroatoms. The van der Waals surface area contributed by atoms with E-state index in [-0.39, 0.29) is 0 Å². The van der Waals surface area contributed by atoms with Crippen LogP contribution in [0.15, 0.2) is 0 Å². The van der Waals surface area contributed by atoms with Crippen molar-refractivity contribution in [3.8, 4) is 0 Å². The van der Waals surface area contributed by atoms with Crippen LogP contribution in [0, 0.1) is 11.8 Å². The van der Waals surface area contributed by atoms with Crippen molar-refractivity contribution in [2.24, 2.45) is 11.8 Å². The molecule has 2 saturated carbocycles. The molecule has 2 nitrogen and oxygen atoms in total. The van der Waals surface area contributed by atoms with Gasteiger partial charge in [-0.25, -0.2) is 0 Å². The quantitative estimate of drug-likeness (QED) is 0.594. The molecule has 0 aromatic heterocycles. The second-order valence-electron chi connectivity index (χ2n) is 4.08. The molecule has 2 aliphatic rings. The van der Waals surface area contributed by atoms with E-state index < -0.39 is 0 Å². The molecular weight excluding hydrogens is 152 g/mol. The van der Waals surface area contributed by atoms with Crippen LogP contribution in [-0.2, 0) is 9.59 Å². The van der Waals surface area contributed by atoms with E-state index >= 15 is 0 Å². The van der Waals surface area contributed by atoms with Crippen molar-refractivity contribution in [3.63, 3.8) is 0 Å². The van der Waals surface area contributed by atoms with E-state index in [1.165, 1.54) is 0 Å². The van der Waals surface area contributed by atoms with Crippen molar-refractivity contribution in [2.75, 3.05) is 0 Å². The fraction of sp³-hybridized carbons (Fsp3) is 0.800. The number of hydrogen-bond acceptors (Lipinski definition) is 2. The topological polar surface area (TPSA) is 34.1 Å². The van der Waals surface area contributed by atoms with Gasteiger partial charge in [0.15, 0.2) is 0 Å². The Balaban J connectivity index is 1.93. The third-order valence-electron chi connectivity index (χ3n) is 3.23. The highest BCUT2D eigenvalue weighted by atomic mass is 16.1. The molecule has 0 N–H and O–H groups in total. The van der Waals surface area contributed by atoms with Gasteiger partial charge < -0.3 is 0 Å². The van der Waals surface area contributed by atoms with E-state index in [0.29, 0.717) is 23.4 Å². The second kappa shape index (κ2) is 3.00. The van der Waals surface area contributed by atoms with Crippen molar-refractivity contribution in [3.05, 3.63) is 0 Å². The predicted octanol–water partition coefficient (Wildman–Crippen LogP) is 1.72. The Kier molecular flexibility index (Phi) is 1.99. The van der Waals surface area contributed by atoms with Crippen molar-refractivity contribution in [2.45, 2.75) is 38.5 Å². The summed E-state index contributed by atoms with van der Waals surface area (Å²) < 4.78 is 0. The van der Waals surface area contributed by atoms with E-state index in [1.54, 1.807) is 0 Å². The molecule has 0 aromatic carbocycles. The molecule has 0 amide bonds. The second-order valence-corrected chi connectivity index (χ2v) is 4.08. The molecule has 0 aliphatic heterocycles. The van der Waals surface area contributed by atoms with Crippen LogP contribution in [0.3, 0.4) is 0 Å². The lowest BCUT2D eigenvalue weighted by molar-refractivity contribution is -0.119. The van der Waals surface area contributed by atoms with Crippen molar-refractivity contribution < 1.29 is 9.59 Å². The van der Waals surface area contributed by atoms with Crippen molar-refractivity contribution in [1.82, 2.24) is 0 Å². The fourth-order valence-electron chi connectivity index (χ4n) is 2.49. The summed E-state index contributed by atoms with van der Waals surface area (Å²) in [7, 11) is 0. The number of carbonyl (C=O) groups excluding carboxylic acids is 2. The molecule has 0 saturated heterocycles. The van der Waals surface area contributed by atoms with Crippen molar-refractivity contribution in [1.29, 1.82) is 0 Å². The Morgan fingerprint density at radius 3 is 1.50 bits per heavy atom. The molecule has 2 atom stereocenters. The van der Waals surface area contributed by atoms with Crippen LogP contribution < -0.4 is 0 Å². The Labute approximate surface area is 72.3 Å². The third-order valence-corrected chi connectivity index (χ3v) is 3.23. The zero-order valence-electron chi connectivity index (χ0n) is 7.21. The first kappa shape index (κ1) is 7.96. The Bertz CT molecular complexity index is 196. The SMILES string of the molecule is O=C1CCC(C2CCC(=O)C2)C1. The Hall–Kier alpha value is -0.660. The van der Waals surface area contributed by atoms with Crippen LogP contribution in [0.4, 0.5) is 0 Å². The van der Waals surface area contributed by atoms with Crippen LogP contribution in [0.2, 0.25) is 0 Å². The number of Topliss-reactive ketones (excluding diaryl/α,β-unsaturated/α-hetero) is 2. The van der Waals surface area contributed by atoms with Crippen LogP contribution >= 0.6 is 0 Å². The number of hydrogen-bond donors (Lipinski definition) is 0. The first-order valence-corrected chi connectivity index (χ1v) is 4.79. The summed E-state index contributed by atoms with van der Waals surface area (Å²) in [5, 5.41) is 0. The van der Waals surface area contributed by atoms with Gasteiger partial charge in [-0.3, -0.25) is 9.59 Å². The van der Waals surface area contributed by atoms with E-state index in [2.05, 4.69) is 0 Å². The van der Waals surface area contributed by atoms with Gasteiger partial charge in [-0.1, -0.05) is 0 Å². The molecule has 2 aliphatic carbocycles. The molecule has 2 fully saturated rings. The van der Waals surface area contributed by atoms with Crippen molar-refractivity contribution >= 4 is 11.6 Å². The maximum Gasteiger partial charge on any atom is 0.133 e. The summed E-state index contributed by atoms with van der Waals surface area (Å²) in [6.07, 6.45) is 5.09. The third kappa shape index (κ3) is 1.43. The molecule has 66 valence electrons. The molecule has 2 unspecified atom stereocenters. The zero-order chi connectivity index (χ0) is 8.55. The molecule has 0 heterocycles. The van der Waals surface area contributed by atoms with Gasteiger partial charge in [0.05, 0.1) is 0 Å². The highest BCUT2D eigenvalue weighted by Gasteiger charge is 2.33.